The van der Waals surface area contributed by atoms with Gasteiger partial charge in [-0.05, 0) is 30.8 Å². The number of amides is 1. The van der Waals surface area contributed by atoms with E-state index in [1.807, 2.05) is 54.6 Å². The van der Waals surface area contributed by atoms with E-state index in [1.165, 1.54) is 0 Å². The molecule has 0 atom stereocenters. The topological polar surface area (TPSA) is 68.0 Å². The number of hydrogen-bond donors (Lipinski definition) is 1. The monoisotopic (exact) mass is 416 g/mol. The van der Waals surface area contributed by atoms with Gasteiger partial charge in [0.1, 0.15) is 0 Å². The number of hydrogen-bond acceptors (Lipinski definition) is 4. The van der Waals surface area contributed by atoms with Crippen LogP contribution in [-0.2, 0) is 13.1 Å². The summed E-state index contributed by atoms with van der Waals surface area (Å²) in [5.74, 6) is 0.355. The minimum absolute atomic E-state index is 0.210. The zero-order chi connectivity index (χ0) is 21.6. The van der Waals surface area contributed by atoms with Crippen LogP contribution in [0.3, 0.4) is 0 Å². The molecule has 1 N–H and O–H groups in total. The molecule has 160 valence electrons. The summed E-state index contributed by atoms with van der Waals surface area (Å²) in [5.41, 5.74) is 3.54. The Labute approximate surface area is 182 Å². The summed E-state index contributed by atoms with van der Waals surface area (Å²) in [6.45, 7) is 8.57. The molecular formula is C24H28N6O. The zero-order valence-corrected chi connectivity index (χ0v) is 18.0. The SMILES string of the molecule is CCN(CC)CCn1c(NC(=O)c2cnn(Cc3ccccc3)c2)nc2ccccc21. The van der Waals surface area contributed by atoms with Gasteiger partial charge in [-0.25, -0.2) is 4.98 Å². The van der Waals surface area contributed by atoms with Crippen LogP contribution >= 0.6 is 0 Å². The summed E-state index contributed by atoms with van der Waals surface area (Å²) >= 11 is 0. The van der Waals surface area contributed by atoms with E-state index in [2.05, 4.69) is 38.7 Å². The molecule has 2 aromatic carbocycles. The summed E-state index contributed by atoms with van der Waals surface area (Å²) in [7, 11) is 0. The van der Waals surface area contributed by atoms with Gasteiger partial charge in [-0.2, -0.15) is 5.10 Å². The summed E-state index contributed by atoms with van der Waals surface area (Å²) in [4.78, 5) is 20.0. The quantitative estimate of drug-likeness (QED) is 0.450. The molecule has 1 amide bonds. The molecule has 7 heteroatoms. The van der Waals surface area contributed by atoms with Crippen LogP contribution in [0.5, 0.6) is 0 Å². The van der Waals surface area contributed by atoms with Crippen LogP contribution < -0.4 is 5.32 Å². The van der Waals surface area contributed by atoms with E-state index in [1.54, 1.807) is 17.1 Å². The third-order valence-electron chi connectivity index (χ3n) is 5.50. The Morgan fingerprint density at radius 2 is 1.77 bits per heavy atom. The maximum absolute atomic E-state index is 12.9. The first-order valence-electron chi connectivity index (χ1n) is 10.7. The van der Waals surface area contributed by atoms with Gasteiger partial charge in [-0.15, -0.1) is 0 Å². The van der Waals surface area contributed by atoms with E-state index in [-0.39, 0.29) is 5.91 Å². The average molecular weight is 417 g/mol. The van der Waals surface area contributed by atoms with Crippen molar-refractivity contribution in [3.8, 4) is 0 Å². The Morgan fingerprint density at radius 1 is 1.03 bits per heavy atom. The van der Waals surface area contributed by atoms with Crippen LogP contribution in [0.2, 0.25) is 0 Å². The minimum Gasteiger partial charge on any atom is -0.309 e. The summed E-state index contributed by atoms with van der Waals surface area (Å²) in [6.07, 6.45) is 3.37. The lowest BCUT2D eigenvalue weighted by molar-refractivity contribution is 0.102. The van der Waals surface area contributed by atoms with Crippen LogP contribution in [0.15, 0.2) is 67.0 Å². The van der Waals surface area contributed by atoms with E-state index in [0.717, 1.165) is 42.8 Å². The fourth-order valence-corrected chi connectivity index (χ4v) is 3.69. The maximum Gasteiger partial charge on any atom is 0.261 e. The van der Waals surface area contributed by atoms with Crippen LogP contribution in [0.4, 0.5) is 5.95 Å². The second kappa shape index (κ2) is 9.57. The third-order valence-corrected chi connectivity index (χ3v) is 5.50. The third kappa shape index (κ3) is 4.83. The standard InChI is InChI=1S/C24H28N6O/c1-3-28(4-2)14-15-30-22-13-9-8-12-21(22)26-24(30)27-23(31)20-16-25-29(18-20)17-19-10-6-5-7-11-19/h5-13,16,18H,3-4,14-15,17H2,1-2H3,(H,26,27,31). The number of para-hydroxylation sites is 2. The molecule has 0 aliphatic carbocycles. The normalized spacial score (nSPS) is 11.3. The molecule has 4 aromatic rings. The van der Waals surface area contributed by atoms with Gasteiger partial charge in [-0.3, -0.25) is 14.8 Å². The van der Waals surface area contributed by atoms with Gasteiger partial charge in [0.2, 0.25) is 5.95 Å². The van der Waals surface area contributed by atoms with Gasteiger partial charge in [0.05, 0.1) is 29.3 Å². The van der Waals surface area contributed by atoms with Crippen molar-refractivity contribution in [3.05, 3.63) is 78.1 Å². The van der Waals surface area contributed by atoms with Crippen molar-refractivity contribution in [2.45, 2.75) is 26.9 Å². The maximum atomic E-state index is 12.9. The number of nitrogens with zero attached hydrogens (tertiary/aromatic N) is 5. The Bertz CT molecular complexity index is 1140. The molecular weight excluding hydrogens is 388 g/mol. The number of aromatic nitrogens is 4. The average Bonchev–Trinajstić information content (AvgIpc) is 3.40. The van der Waals surface area contributed by atoms with Crippen molar-refractivity contribution in [1.29, 1.82) is 0 Å². The Morgan fingerprint density at radius 3 is 2.55 bits per heavy atom. The van der Waals surface area contributed by atoms with Gasteiger partial charge in [0.25, 0.3) is 5.91 Å². The number of likely N-dealkylation sites (N-methyl/N-ethyl adjacent to an activating group) is 1. The van der Waals surface area contributed by atoms with Crippen LogP contribution in [0.25, 0.3) is 11.0 Å². The lowest BCUT2D eigenvalue weighted by atomic mass is 10.2. The fraction of sp³-hybridized carbons (Fsp3) is 0.292. The van der Waals surface area contributed by atoms with Crippen molar-refractivity contribution in [1.82, 2.24) is 24.2 Å². The second-order valence-corrected chi connectivity index (χ2v) is 7.47. The summed E-state index contributed by atoms with van der Waals surface area (Å²) < 4.78 is 3.85. The lowest BCUT2D eigenvalue weighted by Crippen LogP contribution is -2.27. The number of benzene rings is 2. The molecule has 0 fully saturated rings. The molecule has 0 aliphatic heterocycles. The van der Waals surface area contributed by atoms with Gasteiger partial charge < -0.3 is 9.47 Å². The van der Waals surface area contributed by atoms with E-state index < -0.39 is 0 Å². The largest absolute Gasteiger partial charge is 0.309 e. The van der Waals surface area contributed by atoms with E-state index in [9.17, 15) is 4.79 Å². The number of rotatable bonds is 9. The number of imidazole rings is 1. The molecule has 0 saturated heterocycles. The molecule has 7 nitrogen and oxygen atoms in total. The van der Waals surface area contributed by atoms with Gasteiger partial charge in [-0.1, -0.05) is 56.3 Å². The highest BCUT2D eigenvalue weighted by molar-refractivity contribution is 6.03. The van der Waals surface area contributed by atoms with Crippen molar-refractivity contribution < 1.29 is 4.79 Å². The molecule has 2 heterocycles. The molecule has 0 unspecified atom stereocenters. The second-order valence-electron chi connectivity index (χ2n) is 7.47. The fourth-order valence-electron chi connectivity index (χ4n) is 3.69. The van der Waals surface area contributed by atoms with Crippen molar-refractivity contribution in [3.63, 3.8) is 0 Å². The molecule has 0 saturated carbocycles. The van der Waals surface area contributed by atoms with Crippen LogP contribution in [0.1, 0.15) is 29.8 Å². The lowest BCUT2D eigenvalue weighted by Gasteiger charge is -2.19. The number of carbonyl (C=O) groups excluding carboxylic acids is 1. The molecule has 0 aliphatic rings. The number of fused-ring (bicyclic) bond motifs is 1. The van der Waals surface area contributed by atoms with Crippen LogP contribution in [-0.4, -0.2) is 49.8 Å². The predicted octanol–water partition coefficient (Wildman–Crippen LogP) is 3.88. The number of anilines is 1. The van der Waals surface area contributed by atoms with E-state index in [4.69, 9.17) is 0 Å². The molecule has 0 bridgehead atoms. The van der Waals surface area contributed by atoms with Crippen molar-refractivity contribution in [2.75, 3.05) is 25.0 Å². The molecule has 2 aromatic heterocycles. The smallest absolute Gasteiger partial charge is 0.261 e. The van der Waals surface area contributed by atoms with Gasteiger partial charge >= 0.3 is 0 Å². The van der Waals surface area contributed by atoms with E-state index in [0.29, 0.717) is 18.1 Å². The van der Waals surface area contributed by atoms with Gasteiger partial charge in [0.15, 0.2) is 0 Å². The highest BCUT2D eigenvalue weighted by Gasteiger charge is 2.16. The molecule has 31 heavy (non-hydrogen) atoms. The Kier molecular flexibility index (Phi) is 6.43. The molecule has 0 spiro atoms. The summed E-state index contributed by atoms with van der Waals surface area (Å²) in [5, 5.41) is 7.34. The van der Waals surface area contributed by atoms with Crippen molar-refractivity contribution >= 4 is 22.9 Å². The molecule has 0 radical (unpaired) electrons. The Balaban J connectivity index is 1.52. The zero-order valence-electron chi connectivity index (χ0n) is 18.0. The number of carbonyl (C=O) groups is 1. The highest BCUT2D eigenvalue weighted by Crippen LogP contribution is 2.20. The highest BCUT2D eigenvalue weighted by atomic mass is 16.1. The van der Waals surface area contributed by atoms with E-state index >= 15 is 0 Å². The predicted molar refractivity (Wildman–Crippen MR) is 123 cm³/mol. The first kappa shape index (κ1) is 20.8. The minimum atomic E-state index is -0.210. The van der Waals surface area contributed by atoms with Gasteiger partial charge in [0, 0.05) is 19.3 Å². The first-order valence-corrected chi connectivity index (χ1v) is 10.7. The number of nitrogens with one attached hydrogen (secondary N) is 1. The van der Waals surface area contributed by atoms with Crippen LogP contribution in [0, 0.1) is 0 Å². The first-order chi connectivity index (χ1) is 15.2. The molecule has 4 rings (SSSR count). The van der Waals surface area contributed by atoms with Crippen molar-refractivity contribution in [2.24, 2.45) is 0 Å². The Hall–Kier alpha value is -3.45. The summed E-state index contributed by atoms with van der Waals surface area (Å²) in [6, 6.07) is 18.0.